The van der Waals surface area contributed by atoms with Crippen molar-refractivity contribution in [2.75, 3.05) is 13.1 Å². The fourth-order valence-corrected chi connectivity index (χ4v) is 2.64. The van der Waals surface area contributed by atoms with Crippen molar-refractivity contribution in [1.82, 2.24) is 4.90 Å². The Bertz CT molecular complexity index is 349. The third-order valence-electron chi connectivity index (χ3n) is 3.54. The molecule has 1 aliphatic rings. The summed E-state index contributed by atoms with van der Waals surface area (Å²) in [6, 6.07) is 10.4. The van der Waals surface area contributed by atoms with Gasteiger partial charge >= 0.3 is 0 Å². The van der Waals surface area contributed by atoms with Crippen molar-refractivity contribution in [1.29, 1.82) is 0 Å². The van der Waals surface area contributed by atoms with Crippen LogP contribution in [0.15, 0.2) is 43.0 Å². The first-order chi connectivity index (χ1) is 8.31. The van der Waals surface area contributed by atoms with Crippen LogP contribution >= 0.6 is 0 Å². The molecule has 0 spiro atoms. The molecule has 1 fully saturated rings. The zero-order chi connectivity index (χ0) is 12.1. The number of nitrogens with zero attached hydrogens (tertiary/aromatic N) is 1. The second-order valence-corrected chi connectivity index (χ2v) is 4.74. The molecule has 92 valence electrons. The van der Waals surface area contributed by atoms with E-state index in [4.69, 9.17) is 0 Å². The summed E-state index contributed by atoms with van der Waals surface area (Å²) in [7, 11) is 0. The lowest BCUT2D eigenvalue weighted by Gasteiger charge is -2.25. The van der Waals surface area contributed by atoms with E-state index in [1.165, 1.54) is 12.8 Å². The van der Waals surface area contributed by atoms with Crippen molar-refractivity contribution < 1.29 is 5.11 Å². The summed E-state index contributed by atoms with van der Waals surface area (Å²) in [6.45, 7) is 5.87. The Morgan fingerprint density at radius 1 is 1.41 bits per heavy atom. The molecule has 1 aromatic rings. The van der Waals surface area contributed by atoms with Crippen molar-refractivity contribution in [3.63, 3.8) is 0 Å². The highest BCUT2D eigenvalue weighted by molar-refractivity contribution is 5.17. The molecule has 2 heteroatoms. The number of likely N-dealkylation sites (tertiary alicyclic amines) is 1. The van der Waals surface area contributed by atoms with Gasteiger partial charge in [-0.25, -0.2) is 0 Å². The largest absolute Gasteiger partial charge is 0.388 e. The molecular formula is C15H21NO. The molecule has 0 aliphatic carbocycles. The molecule has 2 atom stereocenters. The van der Waals surface area contributed by atoms with Gasteiger partial charge in [0.2, 0.25) is 0 Å². The second-order valence-electron chi connectivity index (χ2n) is 4.74. The van der Waals surface area contributed by atoms with Crippen molar-refractivity contribution in [3.8, 4) is 0 Å². The zero-order valence-electron chi connectivity index (χ0n) is 10.3. The Labute approximate surface area is 104 Å². The van der Waals surface area contributed by atoms with Crippen molar-refractivity contribution in [2.45, 2.75) is 31.4 Å². The van der Waals surface area contributed by atoms with Crippen molar-refractivity contribution >= 4 is 0 Å². The maximum absolute atomic E-state index is 10.2. The van der Waals surface area contributed by atoms with Crippen LogP contribution < -0.4 is 0 Å². The van der Waals surface area contributed by atoms with Crippen molar-refractivity contribution in [3.05, 3.63) is 48.6 Å². The Morgan fingerprint density at radius 2 is 2.18 bits per heavy atom. The maximum atomic E-state index is 10.2. The molecule has 17 heavy (non-hydrogen) atoms. The monoisotopic (exact) mass is 231 g/mol. The van der Waals surface area contributed by atoms with Crippen LogP contribution in [-0.2, 0) is 0 Å². The Hall–Kier alpha value is -1.12. The van der Waals surface area contributed by atoms with Gasteiger partial charge in [-0.15, -0.1) is 6.58 Å². The van der Waals surface area contributed by atoms with Gasteiger partial charge < -0.3 is 5.11 Å². The smallest absolute Gasteiger partial charge is 0.0805 e. The fourth-order valence-electron chi connectivity index (χ4n) is 2.64. The third kappa shape index (κ3) is 3.18. The lowest BCUT2D eigenvalue weighted by molar-refractivity contribution is 0.125. The second kappa shape index (κ2) is 5.99. The van der Waals surface area contributed by atoms with Crippen LogP contribution in [0.1, 0.15) is 30.9 Å². The molecule has 0 radical (unpaired) electrons. The molecule has 0 amide bonds. The van der Waals surface area contributed by atoms with Gasteiger partial charge in [0, 0.05) is 12.6 Å². The van der Waals surface area contributed by atoms with E-state index >= 15 is 0 Å². The molecule has 2 nitrogen and oxygen atoms in total. The van der Waals surface area contributed by atoms with Gasteiger partial charge in [0.25, 0.3) is 0 Å². The van der Waals surface area contributed by atoms with E-state index < -0.39 is 0 Å². The van der Waals surface area contributed by atoms with E-state index in [9.17, 15) is 5.11 Å². The van der Waals surface area contributed by atoms with Crippen LogP contribution in [0.25, 0.3) is 0 Å². The summed E-state index contributed by atoms with van der Waals surface area (Å²) >= 11 is 0. The molecule has 0 bridgehead atoms. The highest BCUT2D eigenvalue weighted by atomic mass is 16.3. The van der Waals surface area contributed by atoms with Gasteiger partial charge in [-0.1, -0.05) is 36.4 Å². The number of rotatable bonds is 5. The Morgan fingerprint density at radius 3 is 2.88 bits per heavy atom. The van der Waals surface area contributed by atoms with Gasteiger partial charge in [0.05, 0.1) is 6.10 Å². The van der Waals surface area contributed by atoms with Gasteiger partial charge in [-0.2, -0.15) is 0 Å². The van der Waals surface area contributed by atoms with Crippen LogP contribution in [-0.4, -0.2) is 29.1 Å². The predicted octanol–water partition coefficient (Wildman–Crippen LogP) is 2.76. The molecule has 0 saturated carbocycles. The molecule has 1 heterocycles. The summed E-state index contributed by atoms with van der Waals surface area (Å²) in [5.74, 6) is 0. The highest BCUT2D eigenvalue weighted by Gasteiger charge is 2.25. The van der Waals surface area contributed by atoms with Crippen LogP contribution in [0.4, 0.5) is 0 Å². The number of aliphatic hydroxyl groups is 1. The maximum Gasteiger partial charge on any atom is 0.0805 e. The topological polar surface area (TPSA) is 23.5 Å². The predicted molar refractivity (Wildman–Crippen MR) is 70.8 cm³/mol. The SMILES string of the molecule is C=CCN1CCCC1CC(O)c1ccccc1. The van der Waals surface area contributed by atoms with Gasteiger partial charge in [0.15, 0.2) is 0 Å². The molecule has 1 saturated heterocycles. The molecule has 2 unspecified atom stereocenters. The molecule has 0 aromatic heterocycles. The summed E-state index contributed by atoms with van der Waals surface area (Å²) in [5, 5.41) is 10.2. The van der Waals surface area contributed by atoms with E-state index in [2.05, 4.69) is 11.5 Å². The van der Waals surface area contributed by atoms with E-state index in [0.717, 1.165) is 25.1 Å². The number of hydrogen-bond acceptors (Lipinski definition) is 2. The fraction of sp³-hybridized carbons (Fsp3) is 0.467. The molecule has 1 aliphatic heterocycles. The summed E-state index contributed by atoms with van der Waals surface area (Å²) in [5.41, 5.74) is 1.03. The summed E-state index contributed by atoms with van der Waals surface area (Å²) < 4.78 is 0. The van der Waals surface area contributed by atoms with E-state index in [1.54, 1.807) is 0 Å². The van der Waals surface area contributed by atoms with Gasteiger partial charge in [0.1, 0.15) is 0 Å². The first-order valence-corrected chi connectivity index (χ1v) is 6.39. The quantitative estimate of drug-likeness (QED) is 0.788. The molecular weight excluding hydrogens is 210 g/mol. The average Bonchev–Trinajstić information content (AvgIpc) is 2.78. The Balaban J connectivity index is 1.94. The van der Waals surface area contributed by atoms with Gasteiger partial charge in [-0.3, -0.25) is 4.90 Å². The normalized spacial score (nSPS) is 22.5. The number of benzene rings is 1. The van der Waals surface area contributed by atoms with E-state index in [-0.39, 0.29) is 6.10 Å². The summed E-state index contributed by atoms with van der Waals surface area (Å²) in [4.78, 5) is 2.42. The van der Waals surface area contributed by atoms with E-state index in [1.807, 2.05) is 36.4 Å². The number of aliphatic hydroxyl groups excluding tert-OH is 1. The van der Waals surface area contributed by atoms with Gasteiger partial charge in [-0.05, 0) is 31.4 Å². The standard InChI is InChI=1S/C15H21NO/c1-2-10-16-11-6-9-14(16)12-15(17)13-7-4-3-5-8-13/h2-5,7-8,14-15,17H,1,6,9-12H2. The first-order valence-electron chi connectivity index (χ1n) is 6.39. The molecule has 1 N–H and O–H groups in total. The first kappa shape index (κ1) is 12.3. The minimum Gasteiger partial charge on any atom is -0.388 e. The lowest BCUT2D eigenvalue weighted by Crippen LogP contribution is -2.30. The van der Waals surface area contributed by atoms with Crippen LogP contribution in [0.2, 0.25) is 0 Å². The van der Waals surface area contributed by atoms with Crippen LogP contribution in [0.3, 0.4) is 0 Å². The third-order valence-corrected chi connectivity index (χ3v) is 3.54. The number of hydrogen-bond donors (Lipinski definition) is 1. The van der Waals surface area contributed by atoms with E-state index in [0.29, 0.717) is 6.04 Å². The molecule has 2 rings (SSSR count). The Kier molecular flexibility index (Phi) is 4.35. The summed E-state index contributed by atoms with van der Waals surface area (Å²) in [6.07, 6.45) is 4.87. The minimum absolute atomic E-state index is 0.341. The van der Waals surface area contributed by atoms with Crippen LogP contribution in [0.5, 0.6) is 0 Å². The molecule has 1 aromatic carbocycles. The lowest BCUT2D eigenvalue weighted by atomic mass is 10.0. The minimum atomic E-state index is -0.341. The average molecular weight is 231 g/mol. The van der Waals surface area contributed by atoms with Crippen LogP contribution in [0, 0.1) is 0 Å². The zero-order valence-corrected chi connectivity index (χ0v) is 10.3. The van der Waals surface area contributed by atoms with Crippen molar-refractivity contribution in [2.24, 2.45) is 0 Å². The highest BCUT2D eigenvalue weighted by Crippen LogP contribution is 2.26.